The van der Waals surface area contributed by atoms with E-state index in [9.17, 15) is 4.79 Å². The maximum atomic E-state index is 11.2. The van der Waals surface area contributed by atoms with E-state index in [1.54, 1.807) is 0 Å². The normalized spacial score (nSPS) is 13.9. The van der Waals surface area contributed by atoms with Crippen LogP contribution in [-0.2, 0) is 32.2 Å². The van der Waals surface area contributed by atoms with Crippen LogP contribution in [0.25, 0.3) is 0 Å². The second-order valence-electron chi connectivity index (χ2n) is 2.77. The van der Waals surface area contributed by atoms with Crippen molar-refractivity contribution in [1.29, 1.82) is 0 Å². The van der Waals surface area contributed by atoms with Crippen molar-refractivity contribution in [3.05, 3.63) is 35.9 Å². The van der Waals surface area contributed by atoms with E-state index in [4.69, 9.17) is 25.6 Å². The Hall–Kier alpha value is -0.550. The molecule has 0 fully saturated rings. The summed E-state index contributed by atoms with van der Waals surface area (Å²) in [6.45, 7) is 0.131. The summed E-state index contributed by atoms with van der Waals surface area (Å²) in [4.78, 5) is 11.2. The lowest BCUT2D eigenvalue weighted by molar-refractivity contribution is 0.0934. The maximum absolute atomic E-state index is 11.2. The Morgan fingerprint density at radius 1 is 1.44 bits per heavy atom. The smallest absolute Gasteiger partial charge is 0.429 e. The van der Waals surface area contributed by atoms with Crippen LogP contribution < -0.4 is 0 Å². The third kappa shape index (κ3) is 4.99. The van der Waals surface area contributed by atoms with Gasteiger partial charge < -0.3 is 13.8 Å². The van der Waals surface area contributed by atoms with Gasteiger partial charge in [-0.25, -0.2) is 4.79 Å². The lowest BCUT2D eigenvalue weighted by Crippen LogP contribution is -2.04. The molecule has 0 amide bonds. The number of rotatable bonds is 4. The van der Waals surface area contributed by atoms with Crippen molar-refractivity contribution in [2.24, 2.45) is 0 Å². The molecule has 0 saturated carbocycles. The van der Waals surface area contributed by atoms with Gasteiger partial charge in [0.1, 0.15) is 6.61 Å². The highest BCUT2D eigenvalue weighted by Gasteiger charge is 2.17. The fraction of sp³-hybridized carbons (Fsp3) is 0.222. The molecule has 0 aromatic heterocycles. The summed E-state index contributed by atoms with van der Waals surface area (Å²) in [7, 11) is 1.33. The molecule has 0 bridgehead atoms. The van der Waals surface area contributed by atoms with Gasteiger partial charge in [-0.3, -0.25) is 0 Å². The van der Waals surface area contributed by atoms with Crippen LogP contribution in [0.2, 0.25) is 0 Å². The summed E-state index contributed by atoms with van der Waals surface area (Å²) in [5.74, 6) is 0. The molecule has 0 N–H and O–H groups in total. The molecule has 0 radical (unpaired) electrons. The molecule has 0 aliphatic heterocycles. The van der Waals surface area contributed by atoms with E-state index >= 15 is 0 Å². The number of carbonyl (C=O) groups is 1. The highest BCUT2D eigenvalue weighted by Crippen LogP contribution is 2.52. The molecule has 7 heteroatoms. The van der Waals surface area contributed by atoms with Crippen LogP contribution in [0.5, 0.6) is 0 Å². The highest BCUT2D eigenvalue weighted by molar-refractivity contribution is 8.60. The zero-order chi connectivity index (χ0) is 12.0. The fourth-order valence-electron chi connectivity index (χ4n) is 0.874. The summed E-state index contributed by atoms with van der Waals surface area (Å²) < 4.78 is 14.3. The van der Waals surface area contributed by atoms with Gasteiger partial charge in [0.15, 0.2) is 0 Å². The van der Waals surface area contributed by atoms with Crippen molar-refractivity contribution in [1.82, 2.24) is 0 Å². The topological polar surface area (TPSA) is 44.8 Å². The number of benzene rings is 1. The zero-order valence-electron chi connectivity index (χ0n) is 8.53. The van der Waals surface area contributed by atoms with Gasteiger partial charge in [-0.15, -0.1) is 0 Å². The summed E-state index contributed by atoms with van der Waals surface area (Å²) >= 11 is 8.67. The monoisotopic (exact) mass is 278 g/mol. The summed E-state index contributed by atoms with van der Waals surface area (Å²) in [6, 6.07) is 9.24. The van der Waals surface area contributed by atoms with E-state index in [2.05, 4.69) is 12.2 Å². The first-order valence-corrected chi connectivity index (χ1v) is 8.11. The summed E-state index contributed by atoms with van der Waals surface area (Å²) in [5.41, 5.74) is -1.93. The van der Waals surface area contributed by atoms with Gasteiger partial charge in [-0.05, 0) is 17.4 Å². The second-order valence-corrected chi connectivity index (χ2v) is 8.09. The van der Waals surface area contributed by atoms with Crippen LogP contribution in [0.4, 0.5) is 4.79 Å². The lowest BCUT2D eigenvalue weighted by atomic mass is 10.2. The molecule has 0 heterocycles. The van der Waals surface area contributed by atoms with Gasteiger partial charge in [-0.1, -0.05) is 42.6 Å². The first-order valence-electron chi connectivity index (χ1n) is 4.32. The molecule has 1 aromatic carbocycles. The van der Waals surface area contributed by atoms with E-state index in [-0.39, 0.29) is 6.61 Å². The Morgan fingerprint density at radius 3 is 2.62 bits per heavy atom. The number of hydrogen-bond donors (Lipinski definition) is 1. The van der Waals surface area contributed by atoms with E-state index in [1.807, 2.05) is 30.3 Å². The molecule has 1 unspecified atom stereocenters. The van der Waals surface area contributed by atoms with E-state index in [0.717, 1.165) is 5.56 Å². The first kappa shape index (κ1) is 13.5. The highest BCUT2D eigenvalue weighted by atomic mass is 32.9. The lowest BCUT2D eigenvalue weighted by Gasteiger charge is -2.13. The van der Waals surface area contributed by atoms with Gasteiger partial charge in [0.05, 0.1) is 0 Å². The molecule has 1 atom stereocenters. The first-order chi connectivity index (χ1) is 7.53. The van der Waals surface area contributed by atoms with Gasteiger partial charge >= 0.3 is 6.16 Å². The van der Waals surface area contributed by atoms with Crippen LogP contribution in [0, 0.1) is 0 Å². The minimum absolute atomic E-state index is 0.131. The van der Waals surface area contributed by atoms with Crippen LogP contribution in [-0.4, -0.2) is 13.3 Å². The van der Waals surface area contributed by atoms with Crippen LogP contribution in [0.1, 0.15) is 5.56 Å². The second kappa shape index (κ2) is 6.25. The van der Waals surface area contributed by atoms with E-state index < -0.39 is 11.8 Å². The molecule has 4 nitrogen and oxygen atoms in total. The Morgan fingerprint density at radius 2 is 2.06 bits per heavy atom. The minimum atomic E-state index is -2.80. The molecule has 0 saturated heterocycles. The van der Waals surface area contributed by atoms with Crippen molar-refractivity contribution in [3.8, 4) is 0 Å². The Balaban J connectivity index is 2.40. The number of ether oxygens (including phenoxy) is 1. The zero-order valence-corrected chi connectivity index (χ0v) is 11.1. The molecule has 1 aromatic rings. The van der Waals surface area contributed by atoms with Crippen LogP contribution in [0.15, 0.2) is 30.3 Å². The summed E-state index contributed by atoms with van der Waals surface area (Å²) in [5, 5.41) is 0. The van der Waals surface area contributed by atoms with E-state index in [1.165, 1.54) is 7.11 Å². The number of hydrogen-bond acceptors (Lipinski definition) is 5. The predicted molar refractivity (Wildman–Crippen MR) is 68.0 cm³/mol. The summed E-state index contributed by atoms with van der Waals surface area (Å²) in [6.07, 6.45) is -0.871. The molecule has 88 valence electrons. The maximum Gasteiger partial charge on any atom is 0.514 e. The molecule has 0 aliphatic carbocycles. The predicted octanol–water partition coefficient (Wildman–Crippen LogP) is 3.14. The van der Waals surface area contributed by atoms with Crippen molar-refractivity contribution < 1.29 is 18.6 Å². The SMILES string of the molecule is COP(=S)(S)OC(=O)OCc1ccccc1. The molecular formula is C9H11O4PS2. The van der Waals surface area contributed by atoms with Gasteiger partial charge in [-0.2, -0.15) is 0 Å². The van der Waals surface area contributed by atoms with Crippen molar-refractivity contribution in [2.75, 3.05) is 7.11 Å². The average Bonchev–Trinajstić information content (AvgIpc) is 2.27. The van der Waals surface area contributed by atoms with Crippen LogP contribution >= 0.6 is 17.9 Å². The van der Waals surface area contributed by atoms with Crippen molar-refractivity contribution in [3.63, 3.8) is 0 Å². The van der Waals surface area contributed by atoms with Crippen molar-refractivity contribution >= 4 is 35.9 Å². The largest absolute Gasteiger partial charge is 0.514 e. The van der Waals surface area contributed by atoms with Gasteiger partial charge in [0.25, 0.3) is 5.69 Å². The molecule has 0 aliphatic rings. The minimum Gasteiger partial charge on any atom is -0.429 e. The average molecular weight is 278 g/mol. The van der Waals surface area contributed by atoms with E-state index in [0.29, 0.717) is 0 Å². The van der Waals surface area contributed by atoms with Gasteiger partial charge in [0.2, 0.25) is 0 Å². The molecule has 1 rings (SSSR count). The standard InChI is InChI=1S/C9H11O4PS2/c1-11-14(15,16)13-9(10)12-7-8-5-3-2-4-6-8/h2-6H,7H2,1H3,(H,15,16). The van der Waals surface area contributed by atoms with Crippen LogP contribution in [0.3, 0.4) is 0 Å². The van der Waals surface area contributed by atoms with Crippen molar-refractivity contribution in [2.45, 2.75) is 6.61 Å². The quantitative estimate of drug-likeness (QED) is 0.521. The molecule has 16 heavy (non-hydrogen) atoms. The molecular weight excluding hydrogens is 267 g/mol. The number of thiol groups is 1. The number of carbonyl (C=O) groups excluding carboxylic acids is 1. The third-order valence-corrected chi connectivity index (χ3v) is 3.87. The fourth-order valence-corrected chi connectivity index (χ4v) is 1.57. The Labute approximate surface area is 104 Å². The Bertz CT molecular complexity index is 396. The Kier molecular flexibility index (Phi) is 5.28. The third-order valence-electron chi connectivity index (χ3n) is 1.62. The van der Waals surface area contributed by atoms with Gasteiger partial charge in [0, 0.05) is 7.11 Å². The molecule has 0 spiro atoms.